The van der Waals surface area contributed by atoms with Gasteiger partial charge in [-0.1, -0.05) is 6.58 Å². The van der Waals surface area contributed by atoms with Crippen molar-refractivity contribution in [2.45, 2.75) is 13.5 Å². The summed E-state index contributed by atoms with van der Waals surface area (Å²) in [5.74, 6) is 0.925. The highest BCUT2D eigenvalue weighted by atomic mass is 16.5. The highest BCUT2D eigenvalue weighted by molar-refractivity contribution is 5.67. The van der Waals surface area contributed by atoms with Gasteiger partial charge in [-0.3, -0.25) is 0 Å². The lowest BCUT2D eigenvalue weighted by atomic mass is 10.2. The second kappa shape index (κ2) is 7.23. The standard InChI is InChI=1S/C18H26N4O2/c1-14-17(16-5-6-21(13-16)7-10-23-4)20(3)18(19-14)15(2)22-8-11-24-12-9-22/h5-6,13H,2,7-12H2,1,3-4H3. The molecule has 0 atom stereocenters. The Morgan fingerprint density at radius 1 is 1.38 bits per heavy atom. The summed E-state index contributed by atoms with van der Waals surface area (Å²) in [5, 5.41) is 0. The smallest absolute Gasteiger partial charge is 0.156 e. The molecule has 0 bridgehead atoms. The molecule has 6 nitrogen and oxygen atoms in total. The molecule has 3 rings (SSSR count). The van der Waals surface area contributed by atoms with Crippen LogP contribution in [-0.2, 0) is 23.1 Å². The Kier molecular flexibility index (Phi) is 5.06. The summed E-state index contributed by atoms with van der Waals surface area (Å²) in [6.07, 6.45) is 4.22. The van der Waals surface area contributed by atoms with E-state index in [0.717, 1.165) is 55.8 Å². The molecule has 1 aliphatic heterocycles. The number of nitrogens with zero attached hydrogens (tertiary/aromatic N) is 4. The third kappa shape index (κ3) is 3.25. The van der Waals surface area contributed by atoms with E-state index < -0.39 is 0 Å². The van der Waals surface area contributed by atoms with E-state index in [1.807, 2.05) is 0 Å². The SMILES string of the molecule is C=C(c1nc(C)c(-c2ccn(CCOC)c2)n1C)N1CCOCC1. The number of morpholine rings is 1. The number of methoxy groups -OCH3 is 1. The third-order valence-electron chi connectivity index (χ3n) is 4.50. The lowest BCUT2D eigenvalue weighted by Crippen LogP contribution is -2.35. The molecule has 0 N–H and O–H groups in total. The maximum absolute atomic E-state index is 5.43. The van der Waals surface area contributed by atoms with Crippen LogP contribution in [0.15, 0.2) is 25.0 Å². The Labute approximate surface area is 143 Å². The highest BCUT2D eigenvalue weighted by Crippen LogP contribution is 2.28. The van der Waals surface area contributed by atoms with Gasteiger partial charge in [0.05, 0.1) is 36.9 Å². The predicted octanol–water partition coefficient (Wildman–Crippen LogP) is 2.15. The van der Waals surface area contributed by atoms with Crippen LogP contribution in [0, 0.1) is 6.92 Å². The largest absolute Gasteiger partial charge is 0.383 e. The van der Waals surface area contributed by atoms with Crippen molar-refractivity contribution >= 4 is 5.70 Å². The number of ether oxygens (including phenoxy) is 2. The third-order valence-corrected chi connectivity index (χ3v) is 4.50. The molecule has 1 fully saturated rings. The van der Waals surface area contributed by atoms with Crippen LogP contribution in [0.3, 0.4) is 0 Å². The first kappa shape index (κ1) is 16.8. The molecule has 0 amide bonds. The van der Waals surface area contributed by atoms with Gasteiger partial charge in [-0.25, -0.2) is 4.98 Å². The minimum absolute atomic E-state index is 0.706. The lowest BCUT2D eigenvalue weighted by Gasteiger charge is -2.30. The topological polar surface area (TPSA) is 44.5 Å². The number of aryl methyl sites for hydroxylation is 1. The van der Waals surface area contributed by atoms with Crippen LogP contribution in [0.25, 0.3) is 17.0 Å². The van der Waals surface area contributed by atoms with Crippen molar-refractivity contribution in [1.29, 1.82) is 0 Å². The molecule has 0 radical (unpaired) electrons. The first-order chi connectivity index (χ1) is 11.6. The summed E-state index contributed by atoms with van der Waals surface area (Å²) in [6, 6.07) is 2.13. The molecular weight excluding hydrogens is 304 g/mol. The fraction of sp³-hybridized carbons (Fsp3) is 0.500. The van der Waals surface area contributed by atoms with Gasteiger partial charge in [0, 0.05) is 51.7 Å². The molecule has 6 heteroatoms. The minimum Gasteiger partial charge on any atom is -0.383 e. The summed E-state index contributed by atoms with van der Waals surface area (Å²) >= 11 is 0. The van der Waals surface area contributed by atoms with Crippen LogP contribution in [-0.4, -0.2) is 59.0 Å². The molecule has 2 aromatic rings. The van der Waals surface area contributed by atoms with Crippen molar-refractivity contribution in [2.24, 2.45) is 7.05 Å². The van der Waals surface area contributed by atoms with Gasteiger partial charge in [0.2, 0.25) is 0 Å². The van der Waals surface area contributed by atoms with E-state index >= 15 is 0 Å². The van der Waals surface area contributed by atoms with E-state index in [1.54, 1.807) is 7.11 Å². The fourth-order valence-corrected chi connectivity index (χ4v) is 3.19. The van der Waals surface area contributed by atoms with Gasteiger partial charge in [0.25, 0.3) is 0 Å². The first-order valence-corrected chi connectivity index (χ1v) is 8.32. The summed E-state index contributed by atoms with van der Waals surface area (Å²) in [5.41, 5.74) is 4.29. The number of hydrogen-bond acceptors (Lipinski definition) is 4. The molecule has 24 heavy (non-hydrogen) atoms. The van der Waals surface area contributed by atoms with Crippen LogP contribution in [0.4, 0.5) is 0 Å². The van der Waals surface area contributed by atoms with Gasteiger partial charge in [-0.05, 0) is 13.0 Å². The molecule has 0 saturated carbocycles. The monoisotopic (exact) mass is 330 g/mol. The second-order valence-corrected chi connectivity index (χ2v) is 6.11. The first-order valence-electron chi connectivity index (χ1n) is 8.32. The maximum atomic E-state index is 5.43. The molecule has 3 heterocycles. The van der Waals surface area contributed by atoms with Crippen LogP contribution >= 0.6 is 0 Å². The summed E-state index contributed by atoms with van der Waals surface area (Å²) < 4.78 is 14.9. The highest BCUT2D eigenvalue weighted by Gasteiger charge is 2.21. The van der Waals surface area contributed by atoms with E-state index in [0.29, 0.717) is 6.61 Å². The Bertz CT molecular complexity index is 711. The zero-order chi connectivity index (χ0) is 17.1. The van der Waals surface area contributed by atoms with Crippen molar-refractivity contribution in [3.63, 3.8) is 0 Å². The zero-order valence-corrected chi connectivity index (χ0v) is 14.8. The quantitative estimate of drug-likeness (QED) is 0.814. The number of rotatable bonds is 6. The Morgan fingerprint density at radius 2 is 2.12 bits per heavy atom. The number of aromatic nitrogens is 3. The van der Waals surface area contributed by atoms with Crippen LogP contribution < -0.4 is 0 Å². The molecular formula is C18H26N4O2. The van der Waals surface area contributed by atoms with Crippen molar-refractivity contribution in [1.82, 2.24) is 19.0 Å². The summed E-state index contributed by atoms with van der Waals surface area (Å²) in [7, 11) is 3.78. The van der Waals surface area contributed by atoms with Gasteiger partial charge < -0.3 is 23.5 Å². The zero-order valence-electron chi connectivity index (χ0n) is 14.8. The van der Waals surface area contributed by atoms with Crippen LogP contribution in [0.1, 0.15) is 11.5 Å². The lowest BCUT2D eigenvalue weighted by molar-refractivity contribution is 0.0637. The normalized spacial score (nSPS) is 15.0. The van der Waals surface area contributed by atoms with E-state index in [1.165, 1.54) is 5.56 Å². The van der Waals surface area contributed by atoms with Crippen LogP contribution in [0.2, 0.25) is 0 Å². The number of hydrogen-bond donors (Lipinski definition) is 0. The fourth-order valence-electron chi connectivity index (χ4n) is 3.19. The average molecular weight is 330 g/mol. The predicted molar refractivity (Wildman–Crippen MR) is 94.7 cm³/mol. The van der Waals surface area contributed by atoms with Crippen molar-refractivity contribution < 1.29 is 9.47 Å². The van der Waals surface area contributed by atoms with E-state index in [2.05, 4.69) is 53.0 Å². The molecule has 0 aromatic carbocycles. The molecule has 2 aromatic heterocycles. The van der Waals surface area contributed by atoms with Crippen molar-refractivity contribution in [2.75, 3.05) is 40.0 Å². The minimum atomic E-state index is 0.706. The van der Waals surface area contributed by atoms with E-state index in [-0.39, 0.29) is 0 Å². The molecule has 1 saturated heterocycles. The Balaban J connectivity index is 1.86. The Hall–Kier alpha value is -2.05. The summed E-state index contributed by atoms with van der Waals surface area (Å²) in [6.45, 7) is 11.1. The maximum Gasteiger partial charge on any atom is 0.156 e. The second-order valence-electron chi connectivity index (χ2n) is 6.11. The van der Waals surface area contributed by atoms with Gasteiger partial charge in [0.1, 0.15) is 0 Å². The van der Waals surface area contributed by atoms with Gasteiger partial charge in [0.15, 0.2) is 5.82 Å². The molecule has 0 aliphatic carbocycles. The average Bonchev–Trinajstić information content (AvgIpc) is 3.17. The van der Waals surface area contributed by atoms with E-state index in [9.17, 15) is 0 Å². The van der Waals surface area contributed by atoms with Gasteiger partial charge >= 0.3 is 0 Å². The molecule has 1 aliphatic rings. The number of imidazole rings is 1. The van der Waals surface area contributed by atoms with Crippen molar-refractivity contribution in [3.8, 4) is 11.3 Å². The summed E-state index contributed by atoms with van der Waals surface area (Å²) in [4.78, 5) is 7.03. The molecule has 130 valence electrons. The van der Waals surface area contributed by atoms with Gasteiger partial charge in [-0.2, -0.15) is 0 Å². The van der Waals surface area contributed by atoms with Gasteiger partial charge in [-0.15, -0.1) is 0 Å². The van der Waals surface area contributed by atoms with E-state index in [4.69, 9.17) is 14.5 Å². The Morgan fingerprint density at radius 3 is 2.83 bits per heavy atom. The molecule has 0 unspecified atom stereocenters. The van der Waals surface area contributed by atoms with Crippen molar-refractivity contribution in [3.05, 3.63) is 36.6 Å². The molecule has 0 spiro atoms. The van der Waals surface area contributed by atoms with Crippen LogP contribution in [0.5, 0.6) is 0 Å².